The summed E-state index contributed by atoms with van der Waals surface area (Å²) in [5.41, 5.74) is 6.17. The third-order valence-corrected chi connectivity index (χ3v) is 11.2. The lowest BCUT2D eigenvalue weighted by Gasteiger charge is -2.21. The van der Waals surface area contributed by atoms with Crippen molar-refractivity contribution >= 4 is 68.3 Å². The van der Waals surface area contributed by atoms with Crippen LogP contribution in [-0.4, -0.2) is 61.6 Å². The highest BCUT2D eigenvalue weighted by atomic mass is 35.5. The number of ether oxygens (including phenoxy) is 1. The number of nitrogens with two attached hydrogens (primary N) is 1. The maximum Gasteiger partial charge on any atom is 0.352 e. The highest BCUT2D eigenvalue weighted by molar-refractivity contribution is 7.98. The van der Waals surface area contributed by atoms with Crippen LogP contribution in [0, 0.1) is 0 Å². The molecule has 252 valence electrons. The zero-order valence-corrected chi connectivity index (χ0v) is 29.7. The van der Waals surface area contributed by atoms with Crippen LogP contribution in [0.5, 0.6) is 5.75 Å². The molecule has 3 aromatic carbocycles. The van der Waals surface area contributed by atoms with E-state index in [0.717, 1.165) is 77.8 Å². The molecule has 3 heterocycles. The number of nitrogens with zero attached hydrogens (tertiary/aromatic N) is 4. The number of carboxylic acid groups (broad SMARTS) is 1. The van der Waals surface area contributed by atoms with Crippen LogP contribution >= 0.6 is 35.1 Å². The zero-order valence-electron chi connectivity index (χ0n) is 27.3. The number of carboxylic acids is 1. The quantitative estimate of drug-likeness (QED) is 0.130. The molecule has 5 aromatic rings. The number of carbonyl (C=O) groups is 1. The molecule has 0 saturated carbocycles. The van der Waals surface area contributed by atoms with E-state index in [2.05, 4.69) is 30.3 Å². The number of halogens is 1. The highest BCUT2D eigenvalue weighted by Gasteiger charge is 2.27. The lowest BCUT2D eigenvalue weighted by Crippen LogP contribution is -2.25. The van der Waals surface area contributed by atoms with E-state index in [9.17, 15) is 15.0 Å². The van der Waals surface area contributed by atoms with Gasteiger partial charge in [0.1, 0.15) is 11.4 Å². The molecule has 6 rings (SSSR count). The molecule has 0 radical (unpaired) electrons. The summed E-state index contributed by atoms with van der Waals surface area (Å²) in [6.07, 6.45) is 1.39. The molecule has 1 aliphatic rings. The van der Waals surface area contributed by atoms with E-state index in [1.54, 1.807) is 35.6 Å². The first-order chi connectivity index (χ1) is 23.2. The van der Waals surface area contributed by atoms with Crippen molar-refractivity contribution in [1.29, 1.82) is 0 Å². The van der Waals surface area contributed by atoms with Gasteiger partial charge in [0.2, 0.25) is 0 Å². The molecule has 48 heavy (non-hydrogen) atoms. The van der Waals surface area contributed by atoms with Crippen molar-refractivity contribution in [1.82, 2.24) is 19.4 Å². The molecule has 0 unspecified atom stereocenters. The van der Waals surface area contributed by atoms with E-state index in [1.807, 2.05) is 47.5 Å². The fourth-order valence-electron chi connectivity index (χ4n) is 6.47. The van der Waals surface area contributed by atoms with E-state index in [1.165, 1.54) is 0 Å². The van der Waals surface area contributed by atoms with Crippen molar-refractivity contribution < 1.29 is 19.7 Å². The number of rotatable bonds is 4. The number of aromatic nitrogens is 3. The third kappa shape index (κ3) is 6.93. The Labute approximate surface area is 293 Å². The first-order valence-corrected chi connectivity index (χ1v) is 18.4. The van der Waals surface area contributed by atoms with Gasteiger partial charge in [-0.3, -0.25) is 4.68 Å². The summed E-state index contributed by atoms with van der Waals surface area (Å²) in [6.45, 7) is 2.55. The summed E-state index contributed by atoms with van der Waals surface area (Å²) in [6, 6.07) is 18.4. The van der Waals surface area contributed by atoms with E-state index >= 15 is 0 Å². The minimum atomic E-state index is -1.05. The minimum Gasteiger partial charge on any atom is -0.493 e. The Kier molecular flexibility index (Phi) is 10.6. The first kappa shape index (κ1) is 34.3. The molecule has 9 nitrogen and oxygen atoms in total. The van der Waals surface area contributed by atoms with Crippen molar-refractivity contribution in [3.8, 4) is 5.75 Å². The van der Waals surface area contributed by atoms with Gasteiger partial charge in [-0.2, -0.15) is 16.9 Å². The van der Waals surface area contributed by atoms with Crippen molar-refractivity contribution in [2.75, 3.05) is 26.0 Å². The van der Waals surface area contributed by atoms with Crippen molar-refractivity contribution in [2.24, 2.45) is 12.9 Å². The number of hydrazine groups is 1. The number of aryl methyl sites for hydroxylation is 2. The number of aliphatic hydroxyl groups excluding tert-OH is 1. The summed E-state index contributed by atoms with van der Waals surface area (Å²) in [5, 5.41) is 30.4. The van der Waals surface area contributed by atoms with Gasteiger partial charge < -0.3 is 24.5 Å². The van der Waals surface area contributed by atoms with Gasteiger partial charge in [0.15, 0.2) is 0 Å². The molecule has 0 amide bonds. The van der Waals surface area contributed by atoms with Crippen molar-refractivity contribution in [2.45, 2.75) is 49.1 Å². The Morgan fingerprint density at radius 1 is 1.17 bits per heavy atom. The standard InChI is InChI=1S/C36H40ClN5O4S2/c1-22(40(2)38)27-12-16-47-20-24-18-25(41(3)39-24)21-48-26-17-23-7-4-5-8-28(23)32(19-26)46-15-6-13-42-31-10-9-30(37)33(27)34(31)29(11-14-43)35(42)36(44)45/h4-5,7-10,17-19,43H,6,11-16,20-21,38H2,1-3H3,(H,44,45)/b27-22+. The van der Waals surface area contributed by atoms with Gasteiger partial charge in [-0.15, -0.1) is 11.8 Å². The van der Waals surface area contributed by atoms with Crippen LogP contribution in [0.15, 0.2) is 65.2 Å². The SMILES string of the molecule is C/C(=C1/CCSCc2cc(n(C)n2)CSc2cc(c3ccccc3c2)OCCCn2c(C(=O)O)c(CCO)c3c1c(Cl)ccc32)N(C)N. The maximum absolute atomic E-state index is 12.9. The smallest absolute Gasteiger partial charge is 0.352 e. The number of aromatic carboxylic acids is 1. The average molecular weight is 706 g/mol. The van der Waals surface area contributed by atoms with Crippen LogP contribution < -0.4 is 10.6 Å². The Hall–Kier alpha value is -3.61. The largest absolute Gasteiger partial charge is 0.493 e. The Bertz CT molecular complexity index is 2020. The summed E-state index contributed by atoms with van der Waals surface area (Å²) >= 11 is 10.5. The second kappa shape index (κ2) is 14.9. The van der Waals surface area contributed by atoms with Crippen LogP contribution in [-0.2, 0) is 31.5 Å². The van der Waals surface area contributed by atoms with Gasteiger partial charge in [0, 0.05) is 81.9 Å². The van der Waals surface area contributed by atoms with Crippen molar-refractivity contribution in [3.05, 3.63) is 93.5 Å². The zero-order chi connectivity index (χ0) is 33.9. The van der Waals surface area contributed by atoms with Gasteiger partial charge in [0.05, 0.1) is 12.3 Å². The minimum absolute atomic E-state index is 0.159. The predicted octanol–water partition coefficient (Wildman–Crippen LogP) is 7.35. The van der Waals surface area contributed by atoms with Crippen molar-refractivity contribution in [3.63, 3.8) is 0 Å². The molecule has 0 atom stereocenters. The molecule has 0 aliphatic carbocycles. The molecular formula is C36H40ClN5O4S2. The molecule has 1 aliphatic heterocycles. The predicted molar refractivity (Wildman–Crippen MR) is 197 cm³/mol. The van der Waals surface area contributed by atoms with E-state index in [0.29, 0.717) is 36.6 Å². The molecule has 0 fully saturated rings. The summed E-state index contributed by atoms with van der Waals surface area (Å²) in [4.78, 5) is 14.0. The maximum atomic E-state index is 12.9. The lowest BCUT2D eigenvalue weighted by molar-refractivity contribution is 0.0683. The van der Waals surface area contributed by atoms with E-state index < -0.39 is 5.97 Å². The molecule has 0 spiro atoms. The topological polar surface area (TPSA) is 119 Å². The summed E-state index contributed by atoms with van der Waals surface area (Å²) in [5.74, 6) is 8.34. The average Bonchev–Trinajstić information content (AvgIpc) is 3.58. The second-order valence-electron chi connectivity index (χ2n) is 11.9. The number of hydrogen-bond donors (Lipinski definition) is 3. The third-order valence-electron chi connectivity index (χ3n) is 8.85. The number of allylic oxidation sites excluding steroid dienone is 2. The Morgan fingerprint density at radius 2 is 1.98 bits per heavy atom. The number of aliphatic hydroxyl groups is 1. The molecule has 0 saturated heterocycles. The van der Waals surface area contributed by atoms with E-state index in [4.69, 9.17) is 27.3 Å². The van der Waals surface area contributed by atoms with Crippen LogP contribution in [0.4, 0.5) is 0 Å². The number of hydrogen-bond acceptors (Lipinski definition) is 8. The van der Waals surface area contributed by atoms with Gasteiger partial charge in [-0.25, -0.2) is 10.6 Å². The van der Waals surface area contributed by atoms with Crippen LogP contribution in [0.3, 0.4) is 0 Å². The first-order valence-electron chi connectivity index (χ1n) is 15.9. The summed E-state index contributed by atoms with van der Waals surface area (Å²) in [7, 11) is 3.78. The second-order valence-corrected chi connectivity index (χ2v) is 14.5. The number of benzene rings is 3. The van der Waals surface area contributed by atoms with Gasteiger partial charge in [-0.05, 0) is 78.8 Å². The Balaban J connectivity index is 1.48. The normalized spacial score (nSPS) is 15.7. The fourth-order valence-corrected chi connectivity index (χ4v) is 8.57. The molecule has 8 bridgehead atoms. The van der Waals surface area contributed by atoms with E-state index in [-0.39, 0.29) is 18.7 Å². The Morgan fingerprint density at radius 3 is 2.75 bits per heavy atom. The van der Waals surface area contributed by atoms with Gasteiger partial charge >= 0.3 is 5.97 Å². The highest BCUT2D eigenvalue weighted by Crippen LogP contribution is 2.41. The molecular weight excluding hydrogens is 666 g/mol. The molecule has 12 heteroatoms. The van der Waals surface area contributed by atoms with Crippen LogP contribution in [0.2, 0.25) is 5.02 Å². The van der Waals surface area contributed by atoms with Gasteiger partial charge in [-0.1, -0.05) is 35.9 Å². The number of fused-ring (bicyclic) bond motifs is 6. The fraction of sp³-hybridized carbons (Fsp3) is 0.333. The number of thioether (sulfide) groups is 2. The molecule has 4 N–H and O–H groups in total. The summed E-state index contributed by atoms with van der Waals surface area (Å²) < 4.78 is 10.2. The van der Waals surface area contributed by atoms with Crippen LogP contribution in [0.1, 0.15) is 52.8 Å². The monoisotopic (exact) mass is 705 g/mol. The van der Waals surface area contributed by atoms with Gasteiger partial charge in [0.25, 0.3) is 0 Å². The molecule has 2 aromatic heterocycles. The lowest BCUT2D eigenvalue weighted by atomic mass is 9.94. The van der Waals surface area contributed by atoms with Crippen LogP contribution in [0.25, 0.3) is 27.2 Å².